The molecular weight excluding hydrogens is 356 g/mol. The van der Waals surface area contributed by atoms with Crippen LogP contribution in [0.15, 0.2) is 23.6 Å². The molecule has 0 aliphatic carbocycles. The van der Waals surface area contributed by atoms with Crippen molar-refractivity contribution in [2.45, 2.75) is 4.83 Å². The van der Waals surface area contributed by atoms with Crippen molar-refractivity contribution in [2.75, 3.05) is 28.4 Å². The van der Waals surface area contributed by atoms with Gasteiger partial charge >= 0.3 is 0 Å². The van der Waals surface area contributed by atoms with Crippen molar-refractivity contribution in [2.24, 2.45) is 0 Å². The Morgan fingerprint density at radius 1 is 0.857 bits per heavy atom. The Morgan fingerprint density at radius 3 is 1.86 bits per heavy atom. The average molecular weight is 373 g/mol. The maximum Gasteiger partial charge on any atom is 0.130 e. The minimum atomic E-state index is -0.0535. The van der Waals surface area contributed by atoms with E-state index in [1.54, 1.807) is 39.8 Å². The van der Waals surface area contributed by atoms with Crippen molar-refractivity contribution in [1.82, 2.24) is 0 Å². The molecule has 0 fully saturated rings. The fourth-order valence-electron chi connectivity index (χ4n) is 2.00. The van der Waals surface area contributed by atoms with E-state index in [0.29, 0.717) is 17.2 Å². The third-order valence-electron chi connectivity index (χ3n) is 3.09. The zero-order valence-electron chi connectivity index (χ0n) is 12.3. The van der Waals surface area contributed by atoms with Crippen LogP contribution in [0.3, 0.4) is 0 Å². The molecule has 0 aliphatic heterocycles. The molecule has 114 valence electrons. The number of alkyl halides is 1. The molecule has 2 aromatic rings. The third kappa shape index (κ3) is 3.27. The van der Waals surface area contributed by atoms with Gasteiger partial charge in [-0.25, -0.2) is 0 Å². The molecule has 4 nitrogen and oxygen atoms in total. The number of methoxy groups -OCH3 is 4. The van der Waals surface area contributed by atoms with Gasteiger partial charge in [-0.15, -0.1) is 11.3 Å². The van der Waals surface area contributed by atoms with E-state index in [9.17, 15) is 0 Å². The topological polar surface area (TPSA) is 36.9 Å². The van der Waals surface area contributed by atoms with Crippen LogP contribution >= 0.6 is 27.3 Å². The molecule has 0 aliphatic rings. The van der Waals surface area contributed by atoms with E-state index >= 15 is 0 Å². The van der Waals surface area contributed by atoms with Gasteiger partial charge in [-0.3, -0.25) is 0 Å². The molecule has 6 heteroatoms. The summed E-state index contributed by atoms with van der Waals surface area (Å²) in [7, 11) is 6.53. The van der Waals surface area contributed by atoms with Crippen LogP contribution in [0, 0.1) is 0 Å². The largest absolute Gasteiger partial charge is 0.496 e. The molecule has 0 saturated carbocycles. The lowest BCUT2D eigenvalue weighted by Crippen LogP contribution is -2.00. The zero-order valence-corrected chi connectivity index (χ0v) is 14.7. The summed E-state index contributed by atoms with van der Waals surface area (Å²) in [4.78, 5) is 1.05. The van der Waals surface area contributed by atoms with Gasteiger partial charge in [-0.1, -0.05) is 15.9 Å². The predicted octanol–water partition coefficient (Wildman–Crippen LogP) is 4.27. The lowest BCUT2D eigenvalue weighted by molar-refractivity contribution is 0.370. The smallest absolute Gasteiger partial charge is 0.130 e. The van der Waals surface area contributed by atoms with Gasteiger partial charge in [-0.05, 0) is 6.07 Å². The normalized spacial score (nSPS) is 11.9. The second-order valence-corrected chi connectivity index (χ2v) is 6.06. The van der Waals surface area contributed by atoms with Crippen LogP contribution in [0.1, 0.15) is 15.3 Å². The van der Waals surface area contributed by atoms with Crippen LogP contribution in [0.4, 0.5) is 0 Å². The SMILES string of the molecule is COc1csc(C(Br)c2c(OC)cc(OC)cc2OC)c1. The minimum absolute atomic E-state index is 0.0535. The summed E-state index contributed by atoms with van der Waals surface area (Å²) >= 11 is 5.33. The second-order valence-electron chi connectivity index (χ2n) is 4.20. The molecule has 1 aromatic carbocycles. The summed E-state index contributed by atoms with van der Waals surface area (Å²) in [5, 5.41) is 1.96. The number of thiophene rings is 1. The first kappa shape index (κ1) is 16.0. The molecule has 1 heterocycles. The standard InChI is InChI=1S/C15H17BrO4S/c1-17-9-5-11(19-3)14(12(6-9)20-4)15(16)13-7-10(18-2)8-21-13/h5-8,15H,1-4H3. The quantitative estimate of drug-likeness (QED) is 0.709. The van der Waals surface area contributed by atoms with Gasteiger partial charge in [0.25, 0.3) is 0 Å². The average Bonchev–Trinajstić information content (AvgIpc) is 3.01. The van der Waals surface area contributed by atoms with Crippen LogP contribution in [0.5, 0.6) is 23.0 Å². The molecule has 2 rings (SSSR count). The summed E-state index contributed by atoms with van der Waals surface area (Å²) in [5.41, 5.74) is 0.922. The van der Waals surface area contributed by atoms with Crippen LogP contribution < -0.4 is 18.9 Å². The van der Waals surface area contributed by atoms with Crippen LogP contribution in [-0.4, -0.2) is 28.4 Å². The van der Waals surface area contributed by atoms with E-state index in [4.69, 9.17) is 18.9 Å². The molecule has 1 aromatic heterocycles. The van der Waals surface area contributed by atoms with Crippen LogP contribution in [0.25, 0.3) is 0 Å². The monoisotopic (exact) mass is 372 g/mol. The van der Waals surface area contributed by atoms with Gasteiger partial charge in [0.05, 0.1) is 38.8 Å². The number of ether oxygens (including phenoxy) is 4. The molecule has 0 radical (unpaired) electrons. The zero-order chi connectivity index (χ0) is 15.4. The maximum absolute atomic E-state index is 5.49. The summed E-state index contributed by atoms with van der Waals surface area (Å²) < 4.78 is 21.5. The summed E-state index contributed by atoms with van der Waals surface area (Å²) in [5.74, 6) is 2.95. The molecule has 1 unspecified atom stereocenters. The van der Waals surface area contributed by atoms with E-state index < -0.39 is 0 Å². The molecule has 0 bridgehead atoms. The lowest BCUT2D eigenvalue weighted by atomic mass is 10.1. The van der Waals surface area contributed by atoms with Crippen LogP contribution in [-0.2, 0) is 0 Å². The van der Waals surface area contributed by atoms with Crippen molar-refractivity contribution < 1.29 is 18.9 Å². The fourth-order valence-corrected chi connectivity index (χ4v) is 3.74. The van der Waals surface area contributed by atoms with E-state index in [1.807, 2.05) is 23.6 Å². The van der Waals surface area contributed by atoms with Crippen molar-refractivity contribution in [3.63, 3.8) is 0 Å². The summed E-state index contributed by atoms with van der Waals surface area (Å²) in [6, 6.07) is 5.68. The molecule has 1 atom stereocenters. The van der Waals surface area contributed by atoms with Gasteiger partial charge in [0.2, 0.25) is 0 Å². The van der Waals surface area contributed by atoms with Gasteiger partial charge in [-0.2, -0.15) is 0 Å². The van der Waals surface area contributed by atoms with Gasteiger partial charge < -0.3 is 18.9 Å². The van der Waals surface area contributed by atoms with E-state index in [-0.39, 0.29) is 4.83 Å². The Kier molecular flexibility index (Phi) is 5.36. The summed E-state index contributed by atoms with van der Waals surface area (Å²) in [6.45, 7) is 0. The number of hydrogen-bond donors (Lipinski definition) is 0. The first-order valence-electron chi connectivity index (χ1n) is 6.21. The fraction of sp³-hybridized carbons (Fsp3) is 0.333. The predicted molar refractivity (Wildman–Crippen MR) is 87.7 cm³/mol. The first-order chi connectivity index (χ1) is 10.1. The Hall–Kier alpha value is -1.40. The molecule has 0 amide bonds. The number of halogens is 1. The van der Waals surface area contributed by atoms with E-state index in [1.165, 1.54) is 0 Å². The first-order valence-corrected chi connectivity index (χ1v) is 8.00. The number of benzene rings is 1. The minimum Gasteiger partial charge on any atom is -0.496 e. The highest BCUT2D eigenvalue weighted by molar-refractivity contribution is 9.09. The molecular formula is C15H17BrO4S. The Bertz CT molecular complexity index is 586. The van der Waals surface area contributed by atoms with Crippen LogP contribution in [0.2, 0.25) is 0 Å². The van der Waals surface area contributed by atoms with E-state index in [0.717, 1.165) is 16.2 Å². The van der Waals surface area contributed by atoms with Gasteiger partial charge in [0.15, 0.2) is 0 Å². The number of hydrogen-bond acceptors (Lipinski definition) is 5. The molecule has 0 saturated heterocycles. The highest BCUT2D eigenvalue weighted by Gasteiger charge is 2.23. The third-order valence-corrected chi connectivity index (χ3v) is 5.32. The molecule has 0 N–H and O–H groups in total. The Morgan fingerprint density at radius 2 is 1.43 bits per heavy atom. The summed E-state index contributed by atoms with van der Waals surface area (Å²) in [6.07, 6.45) is 0. The molecule has 0 spiro atoms. The van der Waals surface area contributed by atoms with Crippen molar-refractivity contribution in [1.29, 1.82) is 0 Å². The Balaban J connectivity index is 2.50. The van der Waals surface area contributed by atoms with Crippen molar-refractivity contribution in [3.8, 4) is 23.0 Å². The lowest BCUT2D eigenvalue weighted by Gasteiger charge is -2.18. The van der Waals surface area contributed by atoms with Crippen molar-refractivity contribution >= 4 is 27.3 Å². The maximum atomic E-state index is 5.49. The second kappa shape index (κ2) is 7.04. The molecule has 21 heavy (non-hydrogen) atoms. The highest BCUT2D eigenvalue weighted by atomic mass is 79.9. The van der Waals surface area contributed by atoms with E-state index in [2.05, 4.69) is 15.9 Å². The Labute approximate surface area is 136 Å². The highest BCUT2D eigenvalue weighted by Crippen LogP contribution is 2.46. The number of rotatable bonds is 6. The van der Waals surface area contributed by atoms with Crippen molar-refractivity contribution in [3.05, 3.63) is 34.0 Å². The van der Waals surface area contributed by atoms with Gasteiger partial charge in [0, 0.05) is 22.4 Å². The van der Waals surface area contributed by atoms with Gasteiger partial charge in [0.1, 0.15) is 23.0 Å².